The highest BCUT2D eigenvalue weighted by atomic mass is 19.1. The fraction of sp³-hybridized carbons (Fsp3) is 0.231. The van der Waals surface area contributed by atoms with E-state index >= 15 is 4.39 Å². The van der Waals surface area contributed by atoms with E-state index < -0.39 is 11.4 Å². The Kier molecular flexibility index (Phi) is 6.00. The van der Waals surface area contributed by atoms with Gasteiger partial charge in [0.2, 0.25) is 0 Å². The Bertz CT molecular complexity index is 1450. The smallest absolute Gasteiger partial charge is 0.272 e. The molecule has 3 heterocycles. The third kappa shape index (κ3) is 4.50. The molecule has 0 aliphatic carbocycles. The molecule has 1 amide bonds. The maximum atomic E-state index is 15.1. The first-order valence-electron chi connectivity index (χ1n) is 11.2. The molecule has 0 bridgehead atoms. The summed E-state index contributed by atoms with van der Waals surface area (Å²) in [6, 6.07) is 14.1. The Morgan fingerprint density at radius 1 is 1.14 bits per heavy atom. The second kappa shape index (κ2) is 9.27. The molecule has 1 unspecified atom stereocenters. The van der Waals surface area contributed by atoms with Crippen molar-refractivity contribution in [2.24, 2.45) is 0 Å². The summed E-state index contributed by atoms with van der Waals surface area (Å²) in [6.45, 7) is 1.20. The van der Waals surface area contributed by atoms with Crippen molar-refractivity contribution in [3.63, 3.8) is 0 Å². The Morgan fingerprint density at radius 2 is 1.91 bits per heavy atom. The first-order chi connectivity index (χ1) is 16.9. The molecule has 1 atom stereocenters. The van der Waals surface area contributed by atoms with Gasteiger partial charge in [-0.25, -0.2) is 4.39 Å². The molecule has 0 radical (unpaired) electrons. The zero-order chi connectivity index (χ0) is 24.5. The number of hydrogen-bond acceptors (Lipinski definition) is 5. The highest BCUT2D eigenvalue weighted by Crippen LogP contribution is 2.37. The number of fused-ring (bicyclic) bond motifs is 2. The van der Waals surface area contributed by atoms with E-state index in [9.17, 15) is 9.59 Å². The van der Waals surface area contributed by atoms with Gasteiger partial charge in [-0.1, -0.05) is 30.3 Å². The lowest BCUT2D eigenvalue weighted by Crippen LogP contribution is -2.35. The van der Waals surface area contributed by atoms with Crippen molar-refractivity contribution in [1.29, 1.82) is 0 Å². The van der Waals surface area contributed by atoms with E-state index in [1.807, 2.05) is 49.3 Å². The number of ether oxygens (including phenoxy) is 2. The Balaban J connectivity index is 1.47. The van der Waals surface area contributed by atoms with Crippen LogP contribution in [0.1, 0.15) is 22.0 Å². The molecule has 0 spiro atoms. The zero-order valence-electron chi connectivity index (χ0n) is 19.4. The van der Waals surface area contributed by atoms with Crippen molar-refractivity contribution >= 4 is 11.4 Å². The average Bonchev–Trinajstić information content (AvgIpc) is 3.29. The van der Waals surface area contributed by atoms with Crippen molar-refractivity contribution in [3.05, 3.63) is 88.2 Å². The monoisotopic (exact) mass is 476 g/mol. The molecular formula is C26H25FN4O4. The molecule has 180 valence electrons. The van der Waals surface area contributed by atoms with Crippen LogP contribution in [0.15, 0.2) is 65.7 Å². The maximum absolute atomic E-state index is 15.1. The lowest BCUT2D eigenvalue weighted by atomic mass is 10.1. The Morgan fingerprint density at radius 3 is 2.69 bits per heavy atom. The Hall–Kier alpha value is -4.11. The van der Waals surface area contributed by atoms with Gasteiger partial charge in [0.25, 0.3) is 11.5 Å². The first-order valence-corrected chi connectivity index (χ1v) is 11.2. The summed E-state index contributed by atoms with van der Waals surface area (Å²) in [5.74, 6) is -0.575. The predicted octanol–water partition coefficient (Wildman–Crippen LogP) is 3.24. The minimum atomic E-state index is -0.614. The highest BCUT2D eigenvalue weighted by Gasteiger charge is 2.22. The van der Waals surface area contributed by atoms with Crippen LogP contribution in [-0.4, -0.2) is 54.0 Å². The quantitative estimate of drug-likeness (QED) is 0.446. The summed E-state index contributed by atoms with van der Waals surface area (Å²) in [4.78, 5) is 30.6. The van der Waals surface area contributed by atoms with E-state index in [-0.39, 0.29) is 41.1 Å². The molecule has 8 nitrogen and oxygen atoms in total. The van der Waals surface area contributed by atoms with E-state index in [4.69, 9.17) is 9.47 Å². The summed E-state index contributed by atoms with van der Waals surface area (Å²) in [7, 11) is 3.87. The van der Waals surface area contributed by atoms with E-state index in [0.29, 0.717) is 24.5 Å². The van der Waals surface area contributed by atoms with Crippen LogP contribution in [0, 0.1) is 5.82 Å². The first kappa shape index (κ1) is 22.7. The molecule has 0 saturated carbocycles. The minimum Gasteiger partial charge on any atom is -0.486 e. The fourth-order valence-corrected chi connectivity index (χ4v) is 4.20. The number of H-pyrrole nitrogens is 1. The van der Waals surface area contributed by atoms with Crippen molar-refractivity contribution in [2.75, 3.05) is 33.9 Å². The van der Waals surface area contributed by atoms with Gasteiger partial charge in [-0.3, -0.25) is 9.59 Å². The van der Waals surface area contributed by atoms with E-state index in [1.165, 1.54) is 16.5 Å². The number of likely N-dealkylation sites (N-methyl/N-ethyl adjacent to an activating group) is 1. The van der Waals surface area contributed by atoms with Crippen LogP contribution in [0.25, 0.3) is 16.8 Å². The van der Waals surface area contributed by atoms with Crippen LogP contribution < -0.4 is 20.3 Å². The van der Waals surface area contributed by atoms with Crippen LogP contribution >= 0.6 is 0 Å². The van der Waals surface area contributed by atoms with Gasteiger partial charge in [0.15, 0.2) is 17.3 Å². The van der Waals surface area contributed by atoms with Gasteiger partial charge < -0.3 is 29.1 Å². The van der Waals surface area contributed by atoms with Crippen molar-refractivity contribution in [2.45, 2.75) is 6.04 Å². The molecule has 5 rings (SSSR count). The molecule has 0 fully saturated rings. The van der Waals surface area contributed by atoms with E-state index in [2.05, 4.69) is 10.3 Å². The standard InChI is InChI=1S/C26H25FN4O4/c1-30(2)14-19(16-6-4-3-5-7-16)28-25(32)17-12-21-26(33)29-20(15-31(21)13-17)18-8-9-22-24(23(18)27)35-11-10-34-22/h3-9,12-13,15,19H,10-11,14H2,1-2H3,(H,28,32)(H,29,33). The zero-order valence-corrected chi connectivity index (χ0v) is 19.4. The number of rotatable bonds is 6. The molecule has 1 aliphatic heterocycles. The number of aromatic nitrogens is 2. The van der Waals surface area contributed by atoms with Gasteiger partial charge in [-0.15, -0.1) is 0 Å². The van der Waals surface area contributed by atoms with Crippen LogP contribution in [0.4, 0.5) is 4.39 Å². The van der Waals surface area contributed by atoms with Gasteiger partial charge in [0.05, 0.1) is 17.3 Å². The topological polar surface area (TPSA) is 88.1 Å². The number of carbonyl (C=O) groups is 1. The molecule has 2 aromatic carbocycles. The molecule has 4 aromatic rings. The predicted molar refractivity (Wildman–Crippen MR) is 130 cm³/mol. The highest BCUT2D eigenvalue weighted by molar-refractivity contribution is 5.96. The van der Waals surface area contributed by atoms with Crippen molar-refractivity contribution < 1.29 is 18.7 Å². The van der Waals surface area contributed by atoms with Gasteiger partial charge in [0, 0.05) is 24.5 Å². The molecule has 2 N–H and O–H groups in total. The van der Waals surface area contributed by atoms with Crippen LogP contribution in [-0.2, 0) is 0 Å². The second-order valence-electron chi connectivity index (χ2n) is 8.67. The third-order valence-corrected chi connectivity index (χ3v) is 5.85. The SMILES string of the molecule is CN(C)CC(NC(=O)c1cc2c(=O)[nH]c(-c3ccc4c(c3F)OCCO4)cn2c1)c1ccccc1. The second-order valence-corrected chi connectivity index (χ2v) is 8.67. The number of nitrogens with one attached hydrogen (secondary N) is 2. The van der Waals surface area contributed by atoms with E-state index in [0.717, 1.165) is 5.56 Å². The van der Waals surface area contributed by atoms with Gasteiger partial charge in [-0.2, -0.15) is 0 Å². The fourth-order valence-electron chi connectivity index (χ4n) is 4.20. The summed E-state index contributed by atoms with van der Waals surface area (Å²) >= 11 is 0. The molecule has 35 heavy (non-hydrogen) atoms. The molecular weight excluding hydrogens is 451 g/mol. The normalized spacial score (nSPS) is 13.7. The number of carbonyl (C=O) groups excluding carboxylic acids is 1. The van der Waals surface area contributed by atoms with Crippen LogP contribution in [0.5, 0.6) is 11.5 Å². The number of nitrogens with zero attached hydrogens (tertiary/aromatic N) is 2. The third-order valence-electron chi connectivity index (χ3n) is 5.85. The summed E-state index contributed by atoms with van der Waals surface area (Å²) in [5.41, 5.74) is 1.57. The van der Waals surface area contributed by atoms with Crippen LogP contribution in [0.2, 0.25) is 0 Å². The summed E-state index contributed by atoms with van der Waals surface area (Å²) < 4.78 is 27.5. The average molecular weight is 477 g/mol. The molecule has 2 aromatic heterocycles. The van der Waals surface area contributed by atoms with Crippen LogP contribution in [0.3, 0.4) is 0 Å². The Labute approximate surface area is 200 Å². The van der Waals surface area contributed by atoms with Gasteiger partial charge >= 0.3 is 0 Å². The number of amides is 1. The lowest BCUT2D eigenvalue weighted by molar-refractivity contribution is 0.0930. The number of aromatic amines is 1. The minimum absolute atomic E-state index is 0.0233. The van der Waals surface area contributed by atoms with Gasteiger partial charge in [0.1, 0.15) is 18.7 Å². The number of hydrogen-bond donors (Lipinski definition) is 2. The van der Waals surface area contributed by atoms with Crippen molar-refractivity contribution in [3.8, 4) is 22.8 Å². The lowest BCUT2D eigenvalue weighted by Gasteiger charge is -2.22. The number of benzene rings is 2. The largest absolute Gasteiger partial charge is 0.486 e. The summed E-state index contributed by atoms with van der Waals surface area (Å²) in [5, 5.41) is 3.05. The van der Waals surface area contributed by atoms with Gasteiger partial charge in [-0.05, 0) is 37.9 Å². The molecule has 9 heteroatoms. The summed E-state index contributed by atoms with van der Waals surface area (Å²) in [6.07, 6.45) is 3.15. The number of halogens is 1. The van der Waals surface area contributed by atoms with Crippen molar-refractivity contribution in [1.82, 2.24) is 19.6 Å². The van der Waals surface area contributed by atoms with E-state index in [1.54, 1.807) is 18.5 Å². The molecule has 1 aliphatic rings. The maximum Gasteiger partial charge on any atom is 0.272 e. The molecule has 0 saturated heterocycles.